The van der Waals surface area contributed by atoms with E-state index in [1.165, 1.54) is 12.0 Å². The summed E-state index contributed by atoms with van der Waals surface area (Å²) in [5.74, 6) is 0.948. The van der Waals surface area contributed by atoms with E-state index < -0.39 is 0 Å². The molecular formula is C16H26N2O. The highest BCUT2D eigenvalue weighted by atomic mass is 16.5. The Bertz CT molecular complexity index is 405. The summed E-state index contributed by atoms with van der Waals surface area (Å²) in [5.41, 5.74) is 7.23. The Morgan fingerprint density at radius 3 is 2.68 bits per heavy atom. The number of hydrogen-bond acceptors (Lipinski definition) is 3. The molecule has 2 rings (SSSR count). The summed E-state index contributed by atoms with van der Waals surface area (Å²) in [5, 5.41) is 3.67. The molecule has 0 amide bonds. The van der Waals surface area contributed by atoms with Crippen LogP contribution in [0.3, 0.4) is 0 Å². The Kier molecular flexibility index (Phi) is 4.83. The van der Waals surface area contributed by atoms with Crippen molar-refractivity contribution >= 4 is 0 Å². The lowest BCUT2D eigenvalue weighted by Crippen LogP contribution is -2.30. The van der Waals surface area contributed by atoms with Crippen molar-refractivity contribution in [2.45, 2.75) is 64.3 Å². The number of nitrogens with one attached hydrogen (secondary N) is 1. The van der Waals surface area contributed by atoms with Crippen LogP contribution in [0.25, 0.3) is 0 Å². The van der Waals surface area contributed by atoms with Crippen LogP contribution in [0, 0.1) is 0 Å². The molecule has 3 N–H and O–H groups in total. The lowest BCUT2D eigenvalue weighted by molar-refractivity contribution is 0.242. The summed E-state index contributed by atoms with van der Waals surface area (Å²) in [6.45, 7) is 6.31. The first-order valence-electron chi connectivity index (χ1n) is 7.33. The van der Waals surface area contributed by atoms with Crippen LogP contribution in [0.2, 0.25) is 0 Å². The first kappa shape index (κ1) is 14.4. The second-order valence-corrected chi connectivity index (χ2v) is 5.90. The first-order chi connectivity index (χ1) is 9.04. The highest BCUT2D eigenvalue weighted by molar-refractivity contribution is 5.30. The average Bonchev–Trinajstić information content (AvgIpc) is 2.74. The monoisotopic (exact) mass is 262 g/mol. The van der Waals surface area contributed by atoms with Gasteiger partial charge in [0.25, 0.3) is 0 Å². The third-order valence-corrected chi connectivity index (χ3v) is 3.69. The van der Waals surface area contributed by atoms with Crippen molar-refractivity contribution in [3.63, 3.8) is 0 Å². The molecule has 3 heteroatoms. The van der Waals surface area contributed by atoms with Crippen molar-refractivity contribution in [3.8, 4) is 5.75 Å². The van der Waals surface area contributed by atoms with Gasteiger partial charge >= 0.3 is 0 Å². The Hall–Kier alpha value is -1.06. The summed E-state index contributed by atoms with van der Waals surface area (Å²) in [4.78, 5) is 0. The van der Waals surface area contributed by atoms with Crippen molar-refractivity contribution in [1.82, 2.24) is 5.32 Å². The van der Waals surface area contributed by atoms with Gasteiger partial charge in [-0.15, -0.1) is 0 Å². The molecule has 1 saturated carbocycles. The van der Waals surface area contributed by atoms with E-state index in [9.17, 15) is 0 Å². The summed E-state index contributed by atoms with van der Waals surface area (Å²) >= 11 is 0. The maximum absolute atomic E-state index is 5.96. The van der Waals surface area contributed by atoms with Gasteiger partial charge < -0.3 is 15.8 Å². The van der Waals surface area contributed by atoms with E-state index >= 15 is 0 Å². The van der Waals surface area contributed by atoms with Gasteiger partial charge in [-0.05, 0) is 57.7 Å². The molecule has 19 heavy (non-hydrogen) atoms. The SMILES string of the molecule is CC(C)Oc1cccc(C(C)NC2CCC(N)C2)c1. The van der Waals surface area contributed by atoms with Gasteiger partial charge in [-0.3, -0.25) is 0 Å². The minimum Gasteiger partial charge on any atom is -0.491 e. The molecule has 0 aromatic heterocycles. The van der Waals surface area contributed by atoms with Gasteiger partial charge in [0.2, 0.25) is 0 Å². The van der Waals surface area contributed by atoms with E-state index in [2.05, 4.69) is 30.4 Å². The summed E-state index contributed by atoms with van der Waals surface area (Å²) < 4.78 is 5.74. The number of benzene rings is 1. The van der Waals surface area contributed by atoms with Crippen molar-refractivity contribution in [2.75, 3.05) is 0 Å². The molecule has 0 spiro atoms. The second kappa shape index (κ2) is 6.40. The fourth-order valence-electron chi connectivity index (χ4n) is 2.75. The molecule has 1 aromatic rings. The van der Waals surface area contributed by atoms with Gasteiger partial charge in [0.05, 0.1) is 6.10 Å². The van der Waals surface area contributed by atoms with E-state index in [0.717, 1.165) is 18.6 Å². The zero-order chi connectivity index (χ0) is 13.8. The first-order valence-corrected chi connectivity index (χ1v) is 7.33. The summed E-state index contributed by atoms with van der Waals surface area (Å²) in [6, 6.07) is 9.63. The molecule has 3 atom stereocenters. The minimum absolute atomic E-state index is 0.214. The molecule has 3 nitrogen and oxygen atoms in total. The molecule has 0 radical (unpaired) electrons. The number of rotatable bonds is 5. The molecule has 0 bridgehead atoms. The third kappa shape index (κ3) is 4.22. The zero-order valence-electron chi connectivity index (χ0n) is 12.2. The van der Waals surface area contributed by atoms with Gasteiger partial charge in [-0.2, -0.15) is 0 Å². The molecule has 0 saturated heterocycles. The molecule has 1 aromatic carbocycles. The van der Waals surface area contributed by atoms with E-state index in [4.69, 9.17) is 10.5 Å². The number of nitrogens with two attached hydrogens (primary N) is 1. The average molecular weight is 262 g/mol. The maximum Gasteiger partial charge on any atom is 0.120 e. The summed E-state index contributed by atoms with van der Waals surface area (Å²) in [7, 11) is 0. The Morgan fingerprint density at radius 1 is 1.26 bits per heavy atom. The molecule has 1 aliphatic rings. The molecule has 0 aliphatic heterocycles. The quantitative estimate of drug-likeness (QED) is 0.857. The highest BCUT2D eigenvalue weighted by Crippen LogP contribution is 2.24. The molecule has 3 unspecified atom stereocenters. The van der Waals surface area contributed by atoms with Crippen molar-refractivity contribution in [2.24, 2.45) is 5.73 Å². The standard InChI is InChI=1S/C16H26N2O/c1-11(2)19-16-6-4-5-13(9-16)12(3)18-15-8-7-14(17)10-15/h4-6,9,11-12,14-15,18H,7-8,10,17H2,1-3H3. The van der Waals surface area contributed by atoms with Crippen LogP contribution in [0.5, 0.6) is 5.75 Å². The van der Waals surface area contributed by atoms with E-state index in [1.807, 2.05) is 19.9 Å². The van der Waals surface area contributed by atoms with Gasteiger partial charge in [-0.1, -0.05) is 12.1 Å². The smallest absolute Gasteiger partial charge is 0.120 e. The fraction of sp³-hybridized carbons (Fsp3) is 0.625. The van der Waals surface area contributed by atoms with Crippen molar-refractivity contribution < 1.29 is 4.74 Å². The maximum atomic E-state index is 5.96. The third-order valence-electron chi connectivity index (χ3n) is 3.69. The van der Waals surface area contributed by atoms with Crippen LogP contribution >= 0.6 is 0 Å². The van der Waals surface area contributed by atoms with Crippen LogP contribution in [0.4, 0.5) is 0 Å². The fourth-order valence-corrected chi connectivity index (χ4v) is 2.75. The van der Waals surface area contributed by atoms with Crippen LogP contribution < -0.4 is 15.8 Å². The van der Waals surface area contributed by atoms with Gasteiger partial charge in [0.15, 0.2) is 0 Å². The minimum atomic E-state index is 0.214. The molecule has 1 fully saturated rings. The Balaban J connectivity index is 1.96. The zero-order valence-corrected chi connectivity index (χ0v) is 12.2. The van der Waals surface area contributed by atoms with Crippen molar-refractivity contribution in [3.05, 3.63) is 29.8 Å². The topological polar surface area (TPSA) is 47.3 Å². The lowest BCUT2D eigenvalue weighted by Gasteiger charge is -2.20. The van der Waals surface area contributed by atoms with Crippen LogP contribution in [0.1, 0.15) is 51.6 Å². The largest absolute Gasteiger partial charge is 0.491 e. The normalized spacial score (nSPS) is 24.7. The van der Waals surface area contributed by atoms with Crippen LogP contribution in [-0.4, -0.2) is 18.2 Å². The van der Waals surface area contributed by atoms with Crippen LogP contribution in [0.15, 0.2) is 24.3 Å². The van der Waals surface area contributed by atoms with Crippen LogP contribution in [-0.2, 0) is 0 Å². The summed E-state index contributed by atoms with van der Waals surface area (Å²) in [6.07, 6.45) is 3.63. The van der Waals surface area contributed by atoms with E-state index in [0.29, 0.717) is 18.1 Å². The van der Waals surface area contributed by atoms with Gasteiger partial charge in [0, 0.05) is 18.1 Å². The Morgan fingerprint density at radius 2 is 2.05 bits per heavy atom. The number of ether oxygens (including phenoxy) is 1. The molecule has 106 valence electrons. The molecule has 1 aliphatic carbocycles. The van der Waals surface area contributed by atoms with E-state index in [-0.39, 0.29) is 6.10 Å². The lowest BCUT2D eigenvalue weighted by atomic mass is 10.1. The Labute approximate surface area is 116 Å². The predicted octanol–water partition coefficient (Wildman–Crippen LogP) is 3.00. The molecule has 0 heterocycles. The van der Waals surface area contributed by atoms with Gasteiger partial charge in [-0.25, -0.2) is 0 Å². The highest BCUT2D eigenvalue weighted by Gasteiger charge is 2.23. The van der Waals surface area contributed by atoms with Gasteiger partial charge in [0.1, 0.15) is 5.75 Å². The second-order valence-electron chi connectivity index (χ2n) is 5.90. The predicted molar refractivity (Wildman–Crippen MR) is 79.4 cm³/mol. The van der Waals surface area contributed by atoms with E-state index in [1.54, 1.807) is 0 Å². The molecular weight excluding hydrogens is 236 g/mol. The number of hydrogen-bond donors (Lipinski definition) is 2. The van der Waals surface area contributed by atoms with Crippen molar-refractivity contribution in [1.29, 1.82) is 0 Å².